The zero-order valence-corrected chi connectivity index (χ0v) is 13.0. The van der Waals surface area contributed by atoms with Crippen LogP contribution in [-0.4, -0.2) is 36.9 Å². The highest BCUT2D eigenvalue weighted by atomic mass is 16.5. The van der Waals surface area contributed by atoms with Gasteiger partial charge in [0.05, 0.1) is 13.2 Å². The van der Waals surface area contributed by atoms with E-state index in [4.69, 9.17) is 4.74 Å². The maximum atomic E-state index is 12.1. The van der Waals surface area contributed by atoms with Crippen LogP contribution in [0.25, 0.3) is 0 Å². The van der Waals surface area contributed by atoms with Gasteiger partial charge in [0.15, 0.2) is 0 Å². The smallest absolute Gasteiger partial charge is 0.312 e. The van der Waals surface area contributed by atoms with Crippen LogP contribution in [0.4, 0.5) is 0 Å². The Kier molecular flexibility index (Phi) is 6.89. The fraction of sp³-hybridized carbons (Fsp3) is 0.294. The first-order valence-corrected chi connectivity index (χ1v) is 6.99. The van der Waals surface area contributed by atoms with E-state index in [1.165, 1.54) is 4.90 Å². The molecule has 5 heteroatoms. The van der Waals surface area contributed by atoms with Gasteiger partial charge in [-0.3, -0.25) is 9.59 Å². The fourth-order valence-electron chi connectivity index (χ4n) is 1.93. The van der Waals surface area contributed by atoms with Crippen LogP contribution < -0.4 is 10.1 Å². The van der Waals surface area contributed by atoms with E-state index in [2.05, 4.69) is 18.5 Å². The molecule has 118 valence electrons. The summed E-state index contributed by atoms with van der Waals surface area (Å²) in [5.41, 5.74) is 0.890. The van der Waals surface area contributed by atoms with Gasteiger partial charge in [0, 0.05) is 13.1 Å². The molecule has 0 aliphatic rings. The molecule has 22 heavy (non-hydrogen) atoms. The highest BCUT2D eigenvalue weighted by molar-refractivity contribution is 6.35. The lowest BCUT2D eigenvalue weighted by atomic mass is 10.1. The molecule has 1 N–H and O–H groups in total. The predicted octanol–water partition coefficient (Wildman–Crippen LogP) is 2.07. The fourth-order valence-corrected chi connectivity index (χ4v) is 1.93. The van der Waals surface area contributed by atoms with Gasteiger partial charge >= 0.3 is 11.8 Å². The molecule has 0 spiro atoms. The first-order valence-electron chi connectivity index (χ1n) is 6.99. The molecule has 0 aliphatic heterocycles. The normalized spacial score (nSPS) is 11.2. The summed E-state index contributed by atoms with van der Waals surface area (Å²) < 4.78 is 5.09. The summed E-state index contributed by atoms with van der Waals surface area (Å²) in [6.45, 7) is 9.57. The van der Waals surface area contributed by atoms with E-state index in [-0.39, 0.29) is 6.04 Å². The maximum Gasteiger partial charge on any atom is 0.312 e. The molecule has 0 heterocycles. The number of methoxy groups -OCH3 is 1. The van der Waals surface area contributed by atoms with Gasteiger partial charge in [-0.05, 0) is 24.6 Å². The van der Waals surface area contributed by atoms with Crippen molar-refractivity contribution in [1.82, 2.24) is 10.2 Å². The maximum absolute atomic E-state index is 12.1. The Morgan fingerprint density at radius 1 is 1.23 bits per heavy atom. The van der Waals surface area contributed by atoms with Crippen LogP contribution in [0, 0.1) is 0 Å². The van der Waals surface area contributed by atoms with Gasteiger partial charge in [0.25, 0.3) is 0 Å². The third-order valence-electron chi connectivity index (χ3n) is 3.14. The highest BCUT2D eigenvalue weighted by Crippen LogP contribution is 2.17. The molecular weight excluding hydrogens is 280 g/mol. The second kappa shape index (κ2) is 8.67. The number of ether oxygens (including phenoxy) is 1. The molecule has 1 aromatic carbocycles. The molecular formula is C17H22N2O3. The van der Waals surface area contributed by atoms with E-state index in [0.717, 1.165) is 11.3 Å². The molecule has 0 saturated heterocycles. The lowest BCUT2D eigenvalue weighted by Crippen LogP contribution is -2.43. The summed E-state index contributed by atoms with van der Waals surface area (Å²) >= 11 is 0. The van der Waals surface area contributed by atoms with Gasteiger partial charge in [-0.15, -0.1) is 13.2 Å². The number of carbonyl (C=O) groups is 2. The predicted molar refractivity (Wildman–Crippen MR) is 86.5 cm³/mol. The Hall–Kier alpha value is -2.56. The Balaban J connectivity index is 2.70. The van der Waals surface area contributed by atoms with Crippen LogP contribution in [0.1, 0.15) is 18.5 Å². The van der Waals surface area contributed by atoms with Crippen molar-refractivity contribution in [2.24, 2.45) is 0 Å². The number of rotatable bonds is 7. The Bertz CT molecular complexity index is 527. The Morgan fingerprint density at radius 2 is 1.77 bits per heavy atom. The summed E-state index contributed by atoms with van der Waals surface area (Å²) in [5, 5.41) is 2.69. The average molecular weight is 302 g/mol. The van der Waals surface area contributed by atoms with E-state index in [9.17, 15) is 9.59 Å². The van der Waals surface area contributed by atoms with Crippen LogP contribution in [0.2, 0.25) is 0 Å². The number of hydrogen-bond acceptors (Lipinski definition) is 3. The average Bonchev–Trinajstić information content (AvgIpc) is 2.53. The second-order valence-electron chi connectivity index (χ2n) is 4.76. The molecule has 0 aliphatic carbocycles. The van der Waals surface area contributed by atoms with E-state index >= 15 is 0 Å². The van der Waals surface area contributed by atoms with Crippen LogP contribution >= 0.6 is 0 Å². The third kappa shape index (κ3) is 4.77. The zero-order valence-electron chi connectivity index (χ0n) is 13.0. The number of benzene rings is 1. The van der Waals surface area contributed by atoms with Gasteiger partial charge in [0.2, 0.25) is 0 Å². The standard InChI is InChI=1S/C17H22N2O3/c1-5-11-19(12-6-2)17(21)16(20)18-13(3)14-7-9-15(22-4)10-8-14/h5-10,13H,1-2,11-12H2,3-4H3,(H,18,20). The monoisotopic (exact) mass is 302 g/mol. The SMILES string of the molecule is C=CCN(CC=C)C(=O)C(=O)NC(C)c1ccc(OC)cc1. The number of nitrogens with one attached hydrogen (secondary N) is 1. The van der Waals surface area contributed by atoms with Crippen molar-refractivity contribution in [1.29, 1.82) is 0 Å². The number of carbonyl (C=O) groups excluding carboxylic acids is 2. The first-order chi connectivity index (χ1) is 10.5. The molecule has 1 aromatic rings. The van der Waals surface area contributed by atoms with Crippen molar-refractivity contribution >= 4 is 11.8 Å². The van der Waals surface area contributed by atoms with Crippen LogP contribution in [0.15, 0.2) is 49.6 Å². The lowest BCUT2D eigenvalue weighted by Gasteiger charge is -2.20. The molecule has 5 nitrogen and oxygen atoms in total. The van der Waals surface area contributed by atoms with E-state index in [1.807, 2.05) is 31.2 Å². The molecule has 1 rings (SSSR count). The Labute approximate surface area is 131 Å². The van der Waals surface area contributed by atoms with Gasteiger partial charge < -0.3 is 15.0 Å². The van der Waals surface area contributed by atoms with Gasteiger partial charge in [-0.2, -0.15) is 0 Å². The van der Waals surface area contributed by atoms with Gasteiger partial charge in [-0.25, -0.2) is 0 Å². The minimum Gasteiger partial charge on any atom is -0.497 e. The number of amides is 2. The summed E-state index contributed by atoms with van der Waals surface area (Å²) in [5.74, 6) is -0.506. The summed E-state index contributed by atoms with van der Waals surface area (Å²) in [7, 11) is 1.59. The number of hydrogen-bond donors (Lipinski definition) is 1. The second-order valence-corrected chi connectivity index (χ2v) is 4.76. The van der Waals surface area contributed by atoms with Crippen molar-refractivity contribution in [2.75, 3.05) is 20.2 Å². The molecule has 2 amide bonds. The van der Waals surface area contributed by atoms with Crippen molar-refractivity contribution in [3.8, 4) is 5.75 Å². The van der Waals surface area contributed by atoms with E-state index in [0.29, 0.717) is 13.1 Å². The highest BCUT2D eigenvalue weighted by Gasteiger charge is 2.21. The topological polar surface area (TPSA) is 58.6 Å². The number of nitrogens with zero attached hydrogens (tertiary/aromatic N) is 1. The lowest BCUT2D eigenvalue weighted by molar-refractivity contribution is -0.145. The van der Waals surface area contributed by atoms with Crippen molar-refractivity contribution in [3.05, 3.63) is 55.1 Å². The van der Waals surface area contributed by atoms with Crippen molar-refractivity contribution in [3.63, 3.8) is 0 Å². The third-order valence-corrected chi connectivity index (χ3v) is 3.14. The summed E-state index contributed by atoms with van der Waals surface area (Å²) in [6.07, 6.45) is 3.14. The molecule has 1 atom stereocenters. The minimum absolute atomic E-state index is 0.281. The van der Waals surface area contributed by atoms with Crippen LogP contribution in [0.3, 0.4) is 0 Å². The molecule has 0 aromatic heterocycles. The van der Waals surface area contributed by atoms with Gasteiger partial charge in [0.1, 0.15) is 5.75 Å². The van der Waals surface area contributed by atoms with Crippen LogP contribution in [-0.2, 0) is 9.59 Å². The molecule has 1 unspecified atom stereocenters. The molecule has 0 bridgehead atoms. The Morgan fingerprint density at radius 3 is 2.23 bits per heavy atom. The largest absolute Gasteiger partial charge is 0.497 e. The van der Waals surface area contributed by atoms with E-state index < -0.39 is 11.8 Å². The van der Waals surface area contributed by atoms with E-state index in [1.54, 1.807) is 19.3 Å². The molecule has 0 fully saturated rings. The summed E-state index contributed by atoms with van der Waals surface area (Å²) in [4.78, 5) is 25.5. The molecule has 0 radical (unpaired) electrons. The minimum atomic E-state index is -0.646. The first kappa shape index (κ1) is 17.5. The zero-order chi connectivity index (χ0) is 16.5. The van der Waals surface area contributed by atoms with Crippen LogP contribution in [0.5, 0.6) is 5.75 Å². The summed E-state index contributed by atoms with van der Waals surface area (Å²) in [6, 6.07) is 7.03. The van der Waals surface area contributed by atoms with Crippen molar-refractivity contribution in [2.45, 2.75) is 13.0 Å². The quantitative estimate of drug-likeness (QED) is 0.619. The van der Waals surface area contributed by atoms with Crippen molar-refractivity contribution < 1.29 is 14.3 Å². The molecule has 0 saturated carbocycles. The van der Waals surface area contributed by atoms with Gasteiger partial charge in [-0.1, -0.05) is 24.3 Å².